The van der Waals surface area contributed by atoms with Crippen LogP contribution in [0, 0.1) is 6.92 Å². The molecule has 1 amide bonds. The van der Waals surface area contributed by atoms with Gasteiger partial charge in [-0.2, -0.15) is 11.3 Å². The lowest BCUT2D eigenvalue weighted by molar-refractivity contribution is -0.147. The summed E-state index contributed by atoms with van der Waals surface area (Å²) in [5.41, 5.74) is 1.47. The van der Waals surface area contributed by atoms with E-state index < -0.39 is 12.0 Å². The Balaban J connectivity index is 2.23. The van der Waals surface area contributed by atoms with E-state index in [0.717, 1.165) is 5.56 Å². The first-order chi connectivity index (χ1) is 8.11. The second-order valence-corrected chi connectivity index (χ2v) is 4.64. The van der Waals surface area contributed by atoms with Gasteiger partial charge in [0.2, 0.25) is 0 Å². The van der Waals surface area contributed by atoms with Gasteiger partial charge in [0, 0.05) is 11.9 Å². The zero-order valence-corrected chi connectivity index (χ0v) is 10.2. The largest absolute Gasteiger partial charge is 0.480 e. The third-order valence-corrected chi connectivity index (χ3v) is 3.62. The van der Waals surface area contributed by atoms with E-state index in [0.29, 0.717) is 18.7 Å². The molecule has 1 N–H and O–H groups in total. The minimum atomic E-state index is -1.02. The van der Waals surface area contributed by atoms with Gasteiger partial charge in [0.25, 0.3) is 5.91 Å². The van der Waals surface area contributed by atoms with Gasteiger partial charge in [-0.05, 0) is 17.9 Å². The molecule has 0 radical (unpaired) electrons. The number of thiophene rings is 1. The fourth-order valence-corrected chi connectivity index (χ4v) is 2.61. The average molecular weight is 255 g/mol. The van der Waals surface area contributed by atoms with Gasteiger partial charge in [0.15, 0.2) is 6.04 Å². The molecule has 2 rings (SSSR count). The number of ether oxygens (including phenoxy) is 1. The van der Waals surface area contributed by atoms with E-state index in [1.165, 1.54) is 16.2 Å². The summed E-state index contributed by atoms with van der Waals surface area (Å²) in [6.07, 6.45) is 0. The lowest BCUT2D eigenvalue weighted by atomic mass is 10.1. The van der Waals surface area contributed by atoms with E-state index in [-0.39, 0.29) is 12.5 Å². The maximum Gasteiger partial charge on any atom is 0.328 e. The molecule has 0 saturated carbocycles. The van der Waals surface area contributed by atoms with Crippen molar-refractivity contribution >= 4 is 23.2 Å². The summed E-state index contributed by atoms with van der Waals surface area (Å²) in [7, 11) is 0. The number of hydrogen-bond donors (Lipinski definition) is 1. The lowest BCUT2D eigenvalue weighted by Gasteiger charge is -2.32. The molecule has 1 fully saturated rings. The second kappa shape index (κ2) is 4.85. The van der Waals surface area contributed by atoms with Gasteiger partial charge >= 0.3 is 5.97 Å². The third kappa shape index (κ3) is 2.32. The van der Waals surface area contributed by atoms with Crippen LogP contribution < -0.4 is 0 Å². The van der Waals surface area contributed by atoms with Crippen LogP contribution in [0.25, 0.3) is 0 Å². The fraction of sp³-hybridized carbons (Fsp3) is 0.455. The first kappa shape index (κ1) is 12.1. The normalized spacial score (nSPS) is 20.3. The average Bonchev–Trinajstić information content (AvgIpc) is 2.74. The van der Waals surface area contributed by atoms with Crippen LogP contribution in [0.3, 0.4) is 0 Å². The Morgan fingerprint density at radius 1 is 1.53 bits per heavy atom. The number of carbonyl (C=O) groups excluding carboxylic acids is 1. The van der Waals surface area contributed by atoms with Crippen LogP contribution in [0.4, 0.5) is 0 Å². The van der Waals surface area contributed by atoms with Gasteiger partial charge in [-0.3, -0.25) is 4.79 Å². The van der Waals surface area contributed by atoms with E-state index in [2.05, 4.69) is 0 Å². The van der Waals surface area contributed by atoms with Crippen molar-refractivity contribution in [2.45, 2.75) is 13.0 Å². The Bertz CT molecular complexity index is 442. The highest BCUT2D eigenvalue weighted by atomic mass is 32.1. The van der Waals surface area contributed by atoms with E-state index >= 15 is 0 Å². The highest BCUT2D eigenvalue weighted by molar-refractivity contribution is 7.08. The Kier molecular flexibility index (Phi) is 3.44. The summed E-state index contributed by atoms with van der Waals surface area (Å²) >= 11 is 1.44. The van der Waals surface area contributed by atoms with Crippen molar-refractivity contribution < 1.29 is 19.4 Å². The number of amides is 1. The maximum absolute atomic E-state index is 12.2. The standard InChI is InChI=1S/C11H13NO4S/c1-7-5-17-6-8(7)10(13)12-2-3-16-4-9(12)11(14)15/h5-6,9H,2-4H2,1H3,(H,14,15). The van der Waals surface area contributed by atoms with E-state index in [9.17, 15) is 9.59 Å². The molecule has 1 atom stereocenters. The molecule has 1 aromatic rings. The van der Waals surface area contributed by atoms with Gasteiger partial charge in [0.1, 0.15) is 0 Å². The molecule has 6 heteroatoms. The minimum absolute atomic E-state index is 0.0598. The number of carboxylic acids is 1. The predicted octanol–water partition coefficient (Wildman–Crippen LogP) is 0.982. The molecular weight excluding hydrogens is 242 g/mol. The molecule has 17 heavy (non-hydrogen) atoms. The molecular formula is C11H13NO4S. The zero-order valence-electron chi connectivity index (χ0n) is 9.38. The van der Waals surface area contributed by atoms with Gasteiger partial charge in [0.05, 0.1) is 18.8 Å². The van der Waals surface area contributed by atoms with Gasteiger partial charge in [-0.15, -0.1) is 0 Å². The zero-order chi connectivity index (χ0) is 12.4. The predicted molar refractivity (Wildman–Crippen MR) is 62.3 cm³/mol. The maximum atomic E-state index is 12.2. The van der Waals surface area contributed by atoms with Crippen LogP contribution in [-0.2, 0) is 9.53 Å². The highest BCUT2D eigenvalue weighted by Crippen LogP contribution is 2.19. The van der Waals surface area contributed by atoms with Crippen molar-refractivity contribution in [1.82, 2.24) is 4.90 Å². The van der Waals surface area contributed by atoms with E-state index in [1.807, 2.05) is 12.3 Å². The highest BCUT2D eigenvalue weighted by Gasteiger charge is 2.33. The number of hydrogen-bond acceptors (Lipinski definition) is 4. The quantitative estimate of drug-likeness (QED) is 0.855. The Morgan fingerprint density at radius 3 is 2.88 bits per heavy atom. The molecule has 92 valence electrons. The molecule has 0 bridgehead atoms. The van der Waals surface area contributed by atoms with Crippen molar-refractivity contribution in [3.8, 4) is 0 Å². The van der Waals surface area contributed by atoms with Crippen molar-refractivity contribution in [2.24, 2.45) is 0 Å². The molecule has 1 aromatic heterocycles. The lowest BCUT2D eigenvalue weighted by Crippen LogP contribution is -2.52. The van der Waals surface area contributed by atoms with Gasteiger partial charge in [-0.1, -0.05) is 0 Å². The summed E-state index contributed by atoms with van der Waals surface area (Å²) in [6, 6.07) is -0.879. The summed E-state index contributed by atoms with van der Waals surface area (Å²) in [4.78, 5) is 24.6. The third-order valence-electron chi connectivity index (χ3n) is 2.76. The Labute approximate surface area is 103 Å². The number of aliphatic carboxylic acids is 1. The summed E-state index contributed by atoms with van der Waals surface area (Å²) in [5.74, 6) is -1.25. The molecule has 0 aliphatic carbocycles. The Morgan fingerprint density at radius 2 is 2.29 bits per heavy atom. The molecule has 1 aliphatic heterocycles. The van der Waals surface area contributed by atoms with Crippen LogP contribution in [0.15, 0.2) is 10.8 Å². The molecule has 1 saturated heterocycles. The Hall–Kier alpha value is -1.40. The molecule has 1 aliphatic rings. The van der Waals surface area contributed by atoms with Crippen LogP contribution >= 0.6 is 11.3 Å². The molecule has 2 heterocycles. The first-order valence-corrected chi connectivity index (χ1v) is 6.20. The number of aryl methyl sites for hydroxylation is 1. The van der Waals surface area contributed by atoms with Gasteiger partial charge < -0.3 is 14.7 Å². The molecule has 0 aromatic carbocycles. The first-order valence-electron chi connectivity index (χ1n) is 5.25. The van der Waals surface area contributed by atoms with Crippen LogP contribution in [0.5, 0.6) is 0 Å². The van der Waals surface area contributed by atoms with E-state index in [1.54, 1.807) is 5.38 Å². The summed E-state index contributed by atoms with van der Waals surface area (Å²) < 4.78 is 5.10. The van der Waals surface area contributed by atoms with Crippen LogP contribution in [-0.4, -0.2) is 47.7 Å². The number of carboxylic acid groups (broad SMARTS) is 1. The van der Waals surface area contributed by atoms with Crippen molar-refractivity contribution in [1.29, 1.82) is 0 Å². The second-order valence-electron chi connectivity index (χ2n) is 3.90. The molecule has 0 spiro atoms. The van der Waals surface area contributed by atoms with Crippen molar-refractivity contribution in [3.63, 3.8) is 0 Å². The number of carbonyl (C=O) groups is 2. The van der Waals surface area contributed by atoms with Crippen LogP contribution in [0.1, 0.15) is 15.9 Å². The molecule has 1 unspecified atom stereocenters. The summed E-state index contributed by atoms with van der Waals surface area (Å²) in [6.45, 7) is 2.62. The minimum Gasteiger partial charge on any atom is -0.480 e. The topological polar surface area (TPSA) is 66.8 Å². The van der Waals surface area contributed by atoms with Gasteiger partial charge in [-0.25, -0.2) is 4.79 Å². The SMILES string of the molecule is Cc1cscc1C(=O)N1CCOCC1C(=O)O. The van der Waals surface area contributed by atoms with E-state index in [4.69, 9.17) is 9.84 Å². The smallest absolute Gasteiger partial charge is 0.328 e. The van der Waals surface area contributed by atoms with Crippen molar-refractivity contribution in [3.05, 3.63) is 21.9 Å². The number of rotatable bonds is 2. The number of morpholine rings is 1. The van der Waals surface area contributed by atoms with Crippen molar-refractivity contribution in [2.75, 3.05) is 19.8 Å². The molecule has 5 nitrogen and oxygen atoms in total. The fourth-order valence-electron chi connectivity index (χ4n) is 1.79. The van der Waals surface area contributed by atoms with Crippen LogP contribution in [0.2, 0.25) is 0 Å². The number of nitrogens with zero attached hydrogens (tertiary/aromatic N) is 1. The summed E-state index contributed by atoms with van der Waals surface area (Å²) in [5, 5.41) is 12.7. The monoisotopic (exact) mass is 255 g/mol.